The molecule has 0 N–H and O–H groups in total. The molecule has 16 heavy (non-hydrogen) atoms. The quantitative estimate of drug-likeness (QED) is 0.732. The maximum absolute atomic E-state index is 13.0. The minimum atomic E-state index is -0.281. The van der Waals surface area contributed by atoms with Crippen molar-refractivity contribution >= 4 is 22.3 Å². The zero-order chi connectivity index (χ0) is 11.1. The standard InChI is InChI=1S/C13H9FO2/c14-10-2-4-12-9(5-10)7-13(16-12)8-1-3-11(15)6-8/h2,4-7H,1,3H2. The molecule has 0 amide bonds. The second-order valence-corrected chi connectivity index (χ2v) is 3.93. The molecule has 0 aliphatic heterocycles. The summed E-state index contributed by atoms with van der Waals surface area (Å²) in [6, 6.07) is 6.18. The highest BCUT2D eigenvalue weighted by atomic mass is 19.1. The molecular weight excluding hydrogens is 207 g/mol. The summed E-state index contributed by atoms with van der Waals surface area (Å²) in [6.07, 6.45) is 2.86. The van der Waals surface area contributed by atoms with Crippen LogP contribution in [0.2, 0.25) is 0 Å². The fraction of sp³-hybridized carbons (Fsp3) is 0.154. The van der Waals surface area contributed by atoms with Gasteiger partial charge in [0, 0.05) is 11.8 Å². The SMILES string of the molecule is O=C1C=C(c2cc3cc(F)ccc3o2)CC1. The fourth-order valence-corrected chi connectivity index (χ4v) is 1.96. The van der Waals surface area contributed by atoms with Crippen molar-refractivity contribution in [1.82, 2.24) is 0 Å². The Kier molecular flexibility index (Phi) is 1.93. The molecule has 0 radical (unpaired) electrons. The second kappa shape index (κ2) is 3.30. The third kappa shape index (κ3) is 1.45. The van der Waals surface area contributed by atoms with Crippen LogP contribution < -0.4 is 0 Å². The molecule has 0 bridgehead atoms. The first kappa shape index (κ1) is 9.33. The molecule has 0 fully saturated rings. The zero-order valence-electron chi connectivity index (χ0n) is 8.50. The lowest BCUT2D eigenvalue weighted by Crippen LogP contribution is -1.80. The van der Waals surface area contributed by atoms with Crippen LogP contribution in [0.4, 0.5) is 4.39 Å². The summed E-state index contributed by atoms with van der Waals surface area (Å²) < 4.78 is 18.5. The highest BCUT2D eigenvalue weighted by molar-refractivity contribution is 6.01. The van der Waals surface area contributed by atoms with Crippen molar-refractivity contribution < 1.29 is 13.6 Å². The van der Waals surface area contributed by atoms with E-state index in [1.807, 2.05) is 0 Å². The van der Waals surface area contributed by atoms with Crippen molar-refractivity contribution in [3.63, 3.8) is 0 Å². The van der Waals surface area contributed by atoms with Crippen molar-refractivity contribution in [1.29, 1.82) is 0 Å². The van der Waals surface area contributed by atoms with Crippen molar-refractivity contribution in [2.45, 2.75) is 12.8 Å². The molecule has 1 aliphatic rings. The lowest BCUT2D eigenvalue weighted by molar-refractivity contribution is -0.114. The number of furan rings is 1. The van der Waals surface area contributed by atoms with Gasteiger partial charge in [-0.15, -0.1) is 0 Å². The van der Waals surface area contributed by atoms with Gasteiger partial charge in [-0.05, 0) is 42.3 Å². The zero-order valence-corrected chi connectivity index (χ0v) is 8.50. The number of carbonyl (C=O) groups is 1. The summed E-state index contributed by atoms with van der Waals surface area (Å²) >= 11 is 0. The maximum Gasteiger partial charge on any atom is 0.156 e. The predicted octanol–water partition coefficient (Wildman–Crippen LogP) is 3.32. The van der Waals surface area contributed by atoms with Gasteiger partial charge in [0.2, 0.25) is 0 Å². The monoisotopic (exact) mass is 216 g/mol. The lowest BCUT2D eigenvalue weighted by atomic mass is 10.1. The van der Waals surface area contributed by atoms with E-state index in [1.54, 1.807) is 18.2 Å². The third-order valence-corrected chi connectivity index (χ3v) is 2.77. The van der Waals surface area contributed by atoms with Gasteiger partial charge in [-0.2, -0.15) is 0 Å². The van der Waals surface area contributed by atoms with Crippen LogP contribution >= 0.6 is 0 Å². The Labute approximate surface area is 91.4 Å². The van der Waals surface area contributed by atoms with E-state index in [1.165, 1.54) is 12.1 Å². The number of rotatable bonds is 1. The van der Waals surface area contributed by atoms with E-state index in [0.29, 0.717) is 24.2 Å². The normalized spacial score (nSPS) is 15.8. The van der Waals surface area contributed by atoms with Gasteiger partial charge in [-0.25, -0.2) is 4.39 Å². The minimum Gasteiger partial charge on any atom is -0.456 e. The van der Waals surface area contributed by atoms with Gasteiger partial charge < -0.3 is 4.42 Å². The van der Waals surface area contributed by atoms with Gasteiger partial charge in [-0.1, -0.05) is 0 Å². The summed E-state index contributed by atoms with van der Waals surface area (Å²) in [7, 11) is 0. The number of fused-ring (bicyclic) bond motifs is 1. The number of hydrogen-bond donors (Lipinski definition) is 0. The first-order valence-corrected chi connectivity index (χ1v) is 5.15. The summed E-state index contributed by atoms with van der Waals surface area (Å²) in [4.78, 5) is 11.1. The Morgan fingerprint density at radius 1 is 1.19 bits per heavy atom. The molecule has 2 aromatic rings. The van der Waals surface area contributed by atoms with Gasteiger partial charge in [0.15, 0.2) is 5.78 Å². The lowest BCUT2D eigenvalue weighted by Gasteiger charge is -1.92. The van der Waals surface area contributed by atoms with E-state index in [9.17, 15) is 9.18 Å². The Morgan fingerprint density at radius 2 is 2.06 bits per heavy atom. The Bertz CT molecular complexity index is 607. The van der Waals surface area contributed by atoms with E-state index >= 15 is 0 Å². The average Bonchev–Trinajstić information content (AvgIpc) is 2.83. The largest absolute Gasteiger partial charge is 0.456 e. The number of ketones is 1. The fourth-order valence-electron chi connectivity index (χ4n) is 1.96. The molecule has 1 heterocycles. The number of allylic oxidation sites excluding steroid dienone is 2. The molecule has 0 spiro atoms. The van der Waals surface area contributed by atoms with E-state index in [0.717, 1.165) is 11.0 Å². The molecule has 80 valence electrons. The van der Waals surface area contributed by atoms with Crippen LogP contribution in [-0.4, -0.2) is 5.78 Å². The van der Waals surface area contributed by atoms with Crippen molar-refractivity contribution in [3.8, 4) is 0 Å². The Hall–Kier alpha value is -1.90. The summed E-state index contributed by atoms with van der Waals surface area (Å²) in [5.74, 6) is 0.518. The van der Waals surface area contributed by atoms with Crippen LogP contribution in [0.25, 0.3) is 16.5 Å². The maximum atomic E-state index is 13.0. The van der Waals surface area contributed by atoms with Crippen LogP contribution in [0.15, 0.2) is 34.8 Å². The van der Waals surface area contributed by atoms with Crippen molar-refractivity contribution in [3.05, 3.63) is 41.9 Å². The van der Waals surface area contributed by atoms with E-state index in [2.05, 4.69) is 0 Å². The number of carbonyl (C=O) groups excluding carboxylic acids is 1. The van der Waals surface area contributed by atoms with Gasteiger partial charge in [-0.3, -0.25) is 4.79 Å². The smallest absolute Gasteiger partial charge is 0.156 e. The van der Waals surface area contributed by atoms with Crippen LogP contribution in [-0.2, 0) is 4.79 Å². The summed E-state index contributed by atoms with van der Waals surface area (Å²) in [5, 5.41) is 0.732. The van der Waals surface area contributed by atoms with Crippen LogP contribution in [0, 0.1) is 5.82 Å². The summed E-state index contributed by atoms with van der Waals surface area (Å²) in [5.41, 5.74) is 1.55. The van der Waals surface area contributed by atoms with Gasteiger partial charge in [0.05, 0.1) is 0 Å². The Balaban J connectivity index is 2.12. The molecule has 2 nitrogen and oxygen atoms in total. The second-order valence-electron chi connectivity index (χ2n) is 3.93. The van der Waals surface area contributed by atoms with E-state index in [-0.39, 0.29) is 11.6 Å². The molecule has 3 rings (SSSR count). The minimum absolute atomic E-state index is 0.127. The highest BCUT2D eigenvalue weighted by Gasteiger charge is 2.16. The van der Waals surface area contributed by atoms with E-state index < -0.39 is 0 Å². The van der Waals surface area contributed by atoms with Crippen LogP contribution in [0.3, 0.4) is 0 Å². The average molecular weight is 216 g/mol. The molecule has 1 aromatic carbocycles. The summed E-state index contributed by atoms with van der Waals surface area (Å²) in [6.45, 7) is 0. The number of halogens is 1. The molecule has 0 atom stereocenters. The molecule has 0 saturated heterocycles. The van der Waals surface area contributed by atoms with Gasteiger partial charge >= 0.3 is 0 Å². The highest BCUT2D eigenvalue weighted by Crippen LogP contribution is 2.30. The molecular formula is C13H9FO2. The predicted molar refractivity (Wildman–Crippen MR) is 58.4 cm³/mol. The molecule has 1 aromatic heterocycles. The van der Waals surface area contributed by atoms with Gasteiger partial charge in [0.1, 0.15) is 17.2 Å². The topological polar surface area (TPSA) is 30.2 Å². The molecule has 0 unspecified atom stereocenters. The third-order valence-electron chi connectivity index (χ3n) is 2.77. The molecule has 1 aliphatic carbocycles. The van der Waals surface area contributed by atoms with Crippen LogP contribution in [0.1, 0.15) is 18.6 Å². The van der Waals surface area contributed by atoms with Crippen molar-refractivity contribution in [2.75, 3.05) is 0 Å². The molecule has 3 heteroatoms. The molecule has 0 saturated carbocycles. The number of benzene rings is 1. The van der Waals surface area contributed by atoms with Gasteiger partial charge in [0.25, 0.3) is 0 Å². The first-order chi connectivity index (χ1) is 7.72. The van der Waals surface area contributed by atoms with E-state index in [4.69, 9.17) is 4.42 Å². The Morgan fingerprint density at radius 3 is 2.81 bits per heavy atom. The van der Waals surface area contributed by atoms with Crippen molar-refractivity contribution in [2.24, 2.45) is 0 Å². The number of hydrogen-bond acceptors (Lipinski definition) is 2. The van der Waals surface area contributed by atoms with Crippen LogP contribution in [0.5, 0.6) is 0 Å². The first-order valence-electron chi connectivity index (χ1n) is 5.15.